The average Bonchev–Trinajstić information content (AvgIpc) is 2.79. The van der Waals surface area contributed by atoms with E-state index >= 15 is 0 Å². The van der Waals surface area contributed by atoms with Gasteiger partial charge in [-0.15, -0.1) is 0 Å². The SMILES string of the molecule is COCC(c1ccc(OC)nc1)n1ncc2cc(Sc3ccccc3)ccc2c1=O. The summed E-state index contributed by atoms with van der Waals surface area (Å²) in [4.78, 5) is 19.6. The molecule has 2 aromatic heterocycles. The smallest absolute Gasteiger partial charge is 0.275 e. The maximum Gasteiger partial charge on any atom is 0.275 e. The minimum atomic E-state index is -0.385. The predicted molar refractivity (Wildman–Crippen MR) is 117 cm³/mol. The van der Waals surface area contributed by atoms with Gasteiger partial charge in [-0.2, -0.15) is 5.10 Å². The third-order valence-corrected chi connectivity index (χ3v) is 5.73. The maximum atomic E-state index is 13.2. The number of methoxy groups -OCH3 is 2. The Bertz CT molecular complexity index is 1190. The number of aromatic nitrogens is 3. The summed E-state index contributed by atoms with van der Waals surface area (Å²) in [6.45, 7) is 0.300. The predicted octanol–water partition coefficient (Wildman–Crippen LogP) is 4.19. The number of rotatable bonds is 7. The van der Waals surface area contributed by atoms with Crippen molar-refractivity contribution < 1.29 is 9.47 Å². The summed E-state index contributed by atoms with van der Waals surface area (Å²) in [6, 6.07) is 19.2. The van der Waals surface area contributed by atoms with Crippen molar-refractivity contribution in [2.24, 2.45) is 0 Å². The second-order valence-electron chi connectivity index (χ2n) is 6.66. The van der Waals surface area contributed by atoms with Crippen LogP contribution in [0.5, 0.6) is 5.88 Å². The van der Waals surface area contributed by atoms with E-state index in [4.69, 9.17) is 9.47 Å². The van der Waals surface area contributed by atoms with Gasteiger partial charge in [0.1, 0.15) is 6.04 Å². The van der Waals surface area contributed by atoms with E-state index in [0.29, 0.717) is 17.9 Å². The summed E-state index contributed by atoms with van der Waals surface area (Å²) < 4.78 is 11.9. The van der Waals surface area contributed by atoms with Crippen LogP contribution in [0.3, 0.4) is 0 Å². The van der Waals surface area contributed by atoms with Crippen molar-refractivity contribution in [2.45, 2.75) is 15.8 Å². The molecule has 1 atom stereocenters. The number of fused-ring (bicyclic) bond motifs is 1. The Hall–Kier alpha value is -3.16. The summed E-state index contributed by atoms with van der Waals surface area (Å²) >= 11 is 1.65. The van der Waals surface area contributed by atoms with Crippen LogP contribution in [0.1, 0.15) is 11.6 Å². The Balaban J connectivity index is 1.70. The quantitative estimate of drug-likeness (QED) is 0.448. The summed E-state index contributed by atoms with van der Waals surface area (Å²) in [7, 11) is 3.16. The summed E-state index contributed by atoms with van der Waals surface area (Å²) in [6.07, 6.45) is 3.41. The number of nitrogens with zero attached hydrogens (tertiary/aromatic N) is 3. The minimum Gasteiger partial charge on any atom is -0.481 e. The molecule has 152 valence electrons. The zero-order chi connectivity index (χ0) is 20.9. The third-order valence-electron chi connectivity index (χ3n) is 4.73. The van der Waals surface area contributed by atoms with E-state index in [-0.39, 0.29) is 11.6 Å². The first-order valence-electron chi connectivity index (χ1n) is 9.43. The summed E-state index contributed by atoms with van der Waals surface area (Å²) in [5, 5.41) is 5.87. The molecule has 0 aliphatic heterocycles. The van der Waals surface area contributed by atoms with Crippen LogP contribution >= 0.6 is 11.8 Å². The highest BCUT2D eigenvalue weighted by Crippen LogP contribution is 2.29. The van der Waals surface area contributed by atoms with Gasteiger partial charge in [0.05, 0.1) is 25.3 Å². The lowest BCUT2D eigenvalue weighted by molar-refractivity contribution is 0.162. The Morgan fingerprint density at radius 2 is 1.83 bits per heavy atom. The number of hydrogen-bond donors (Lipinski definition) is 0. The largest absolute Gasteiger partial charge is 0.481 e. The fourth-order valence-electron chi connectivity index (χ4n) is 3.23. The van der Waals surface area contributed by atoms with E-state index in [0.717, 1.165) is 20.7 Å². The standard InChI is InChI=1S/C23H21N3O3S/c1-28-15-21(16-8-11-22(29-2)24-13-16)26-23(27)20-10-9-19(12-17(20)14-25-26)30-18-6-4-3-5-7-18/h3-14,21H,15H2,1-2H3. The van der Waals surface area contributed by atoms with E-state index < -0.39 is 0 Å². The number of hydrogen-bond acceptors (Lipinski definition) is 6. The van der Waals surface area contributed by atoms with Crippen LogP contribution < -0.4 is 10.3 Å². The van der Waals surface area contributed by atoms with Gasteiger partial charge in [-0.05, 0) is 42.0 Å². The normalized spacial score (nSPS) is 12.1. The zero-order valence-corrected chi connectivity index (χ0v) is 17.5. The van der Waals surface area contributed by atoms with Gasteiger partial charge in [0.15, 0.2) is 0 Å². The van der Waals surface area contributed by atoms with Crippen LogP contribution in [-0.2, 0) is 4.74 Å². The molecule has 0 aliphatic carbocycles. The molecule has 0 amide bonds. The van der Waals surface area contributed by atoms with Gasteiger partial charge < -0.3 is 9.47 Å². The minimum absolute atomic E-state index is 0.165. The molecule has 0 spiro atoms. The zero-order valence-electron chi connectivity index (χ0n) is 16.7. The molecule has 0 radical (unpaired) electrons. The molecule has 0 bridgehead atoms. The van der Waals surface area contributed by atoms with Gasteiger partial charge in [0.2, 0.25) is 5.88 Å². The highest BCUT2D eigenvalue weighted by atomic mass is 32.2. The van der Waals surface area contributed by atoms with Gasteiger partial charge in [0, 0.05) is 34.6 Å². The lowest BCUT2D eigenvalue weighted by atomic mass is 10.1. The van der Waals surface area contributed by atoms with E-state index in [9.17, 15) is 4.79 Å². The number of pyridine rings is 1. The van der Waals surface area contributed by atoms with Crippen molar-refractivity contribution in [3.8, 4) is 5.88 Å². The second kappa shape index (κ2) is 9.11. The van der Waals surface area contributed by atoms with Crippen LogP contribution in [0.25, 0.3) is 10.8 Å². The topological polar surface area (TPSA) is 66.2 Å². The van der Waals surface area contributed by atoms with E-state index in [1.165, 1.54) is 4.68 Å². The lowest BCUT2D eigenvalue weighted by Crippen LogP contribution is -2.30. The fourth-order valence-corrected chi connectivity index (χ4v) is 4.12. The molecule has 2 aromatic carbocycles. The first-order valence-corrected chi connectivity index (χ1v) is 10.2. The molecule has 6 nitrogen and oxygen atoms in total. The monoisotopic (exact) mass is 419 g/mol. The molecular weight excluding hydrogens is 398 g/mol. The molecule has 4 aromatic rings. The van der Waals surface area contributed by atoms with Crippen LogP contribution in [0, 0.1) is 0 Å². The number of ether oxygens (including phenoxy) is 2. The Kier molecular flexibility index (Phi) is 6.11. The molecule has 2 heterocycles. The van der Waals surface area contributed by atoms with Gasteiger partial charge in [-0.3, -0.25) is 4.79 Å². The summed E-state index contributed by atoms with van der Waals surface area (Å²) in [5.74, 6) is 0.511. The molecular formula is C23H21N3O3S. The number of benzene rings is 2. The van der Waals surface area contributed by atoms with Crippen molar-refractivity contribution in [1.82, 2.24) is 14.8 Å². The average molecular weight is 420 g/mol. The van der Waals surface area contributed by atoms with E-state index in [2.05, 4.69) is 22.2 Å². The van der Waals surface area contributed by atoms with Gasteiger partial charge in [0.25, 0.3) is 5.56 Å². The van der Waals surface area contributed by atoms with E-state index in [1.54, 1.807) is 44.4 Å². The van der Waals surface area contributed by atoms with Crippen LogP contribution in [0.15, 0.2) is 87.6 Å². The molecule has 0 N–H and O–H groups in total. The Morgan fingerprint density at radius 3 is 2.53 bits per heavy atom. The van der Waals surface area contributed by atoms with Crippen molar-refractivity contribution in [1.29, 1.82) is 0 Å². The molecule has 0 aliphatic rings. The molecule has 0 fully saturated rings. The van der Waals surface area contributed by atoms with Crippen molar-refractivity contribution in [2.75, 3.05) is 20.8 Å². The van der Waals surface area contributed by atoms with Crippen LogP contribution in [0.2, 0.25) is 0 Å². The molecule has 0 saturated carbocycles. The van der Waals surface area contributed by atoms with Gasteiger partial charge in [-0.1, -0.05) is 30.0 Å². The Morgan fingerprint density at radius 1 is 1.00 bits per heavy atom. The van der Waals surface area contributed by atoms with E-state index in [1.807, 2.05) is 42.5 Å². The molecule has 7 heteroatoms. The fraction of sp³-hybridized carbons (Fsp3) is 0.174. The Labute approximate surface area is 178 Å². The molecule has 30 heavy (non-hydrogen) atoms. The highest BCUT2D eigenvalue weighted by molar-refractivity contribution is 7.99. The second-order valence-corrected chi connectivity index (χ2v) is 7.81. The molecule has 0 saturated heterocycles. The molecule has 4 rings (SSSR count). The maximum absolute atomic E-state index is 13.2. The van der Waals surface area contributed by atoms with Crippen molar-refractivity contribution in [3.05, 3.63) is 89.0 Å². The van der Waals surface area contributed by atoms with Crippen molar-refractivity contribution in [3.63, 3.8) is 0 Å². The van der Waals surface area contributed by atoms with Crippen molar-refractivity contribution >= 4 is 22.5 Å². The summed E-state index contributed by atoms with van der Waals surface area (Å²) in [5.41, 5.74) is 0.657. The van der Waals surface area contributed by atoms with Crippen LogP contribution in [0.4, 0.5) is 0 Å². The first-order chi connectivity index (χ1) is 14.7. The van der Waals surface area contributed by atoms with Gasteiger partial charge >= 0.3 is 0 Å². The van der Waals surface area contributed by atoms with Crippen LogP contribution in [-0.4, -0.2) is 35.6 Å². The lowest BCUT2D eigenvalue weighted by Gasteiger charge is -2.18. The molecule has 1 unspecified atom stereocenters. The highest BCUT2D eigenvalue weighted by Gasteiger charge is 2.18. The first kappa shape index (κ1) is 20.1. The van der Waals surface area contributed by atoms with Gasteiger partial charge in [-0.25, -0.2) is 9.67 Å². The third kappa shape index (κ3) is 4.22.